The van der Waals surface area contributed by atoms with E-state index in [-0.39, 0.29) is 0 Å². The maximum absolute atomic E-state index is 5.49. The fourth-order valence-corrected chi connectivity index (χ4v) is 1.39. The van der Waals surface area contributed by atoms with E-state index in [1.165, 1.54) is 0 Å². The molecule has 66 valence electrons. The summed E-state index contributed by atoms with van der Waals surface area (Å²) in [6.45, 7) is 2.45. The van der Waals surface area contributed by atoms with Gasteiger partial charge in [-0.15, -0.1) is 0 Å². The zero-order valence-electron chi connectivity index (χ0n) is 7.37. The molecule has 1 heterocycles. The molecule has 0 fully saturated rings. The molecule has 0 aromatic carbocycles. The molecule has 0 bridgehead atoms. The number of hydrogen-bond acceptors (Lipinski definition) is 4. The minimum absolute atomic E-state index is 0.491. The highest BCUT2D eigenvalue weighted by Gasteiger charge is 1.99. The molecule has 0 spiro atoms. The highest BCUT2D eigenvalue weighted by Crippen LogP contribution is 2.06. The van der Waals surface area contributed by atoms with Crippen molar-refractivity contribution < 1.29 is 0 Å². The van der Waals surface area contributed by atoms with E-state index in [1.807, 2.05) is 19.2 Å². The van der Waals surface area contributed by atoms with Crippen molar-refractivity contribution in [3.05, 3.63) is 23.3 Å². The van der Waals surface area contributed by atoms with E-state index in [0.717, 1.165) is 23.0 Å². The molecular formula is C8H13N3S. The normalized spacial score (nSPS) is 10.2. The first-order valence-electron chi connectivity index (χ1n) is 3.78. The average molecular weight is 183 g/mol. The van der Waals surface area contributed by atoms with E-state index in [0.29, 0.717) is 6.54 Å². The van der Waals surface area contributed by atoms with Gasteiger partial charge in [-0.05, 0) is 19.2 Å². The summed E-state index contributed by atoms with van der Waals surface area (Å²) in [7, 11) is 0. The molecule has 1 aromatic heterocycles. The third-order valence-corrected chi connectivity index (χ3v) is 1.98. The Hall–Kier alpha value is -0.610. The molecule has 3 nitrogen and oxygen atoms in total. The Bertz CT molecular complexity index is 262. The van der Waals surface area contributed by atoms with Crippen LogP contribution in [0.25, 0.3) is 0 Å². The lowest BCUT2D eigenvalue weighted by atomic mass is 10.3. The van der Waals surface area contributed by atoms with E-state index in [4.69, 9.17) is 5.73 Å². The van der Waals surface area contributed by atoms with E-state index < -0.39 is 0 Å². The van der Waals surface area contributed by atoms with Crippen molar-refractivity contribution in [3.63, 3.8) is 0 Å². The molecule has 0 saturated heterocycles. The molecule has 0 unspecified atom stereocenters. The van der Waals surface area contributed by atoms with Crippen LogP contribution in [0.2, 0.25) is 0 Å². The lowest BCUT2D eigenvalue weighted by Crippen LogP contribution is -2.04. The van der Waals surface area contributed by atoms with Gasteiger partial charge in [-0.1, -0.05) is 0 Å². The monoisotopic (exact) mass is 183 g/mol. The standard InChI is InChI=1S/C8H13N3S/c1-6-3-7(4-9)11-8(10-6)5-12-2/h3H,4-5,9H2,1-2H3. The van der Waals surface area contributed by atoms with Gasteiger partial charge in [0.15, 0.2) is 0 Å². The second-order valence-corrected chi connectivity index (χ2v) is 3.42. The summed E-state index contributed by atoms with van der Waals surface area (Å²) in [6, 6.07) is 1.92. The SMILES string of the molecule is CSCc1nc(C)cc(CN)n1. The van der Waals surface area contributed by atoms with Crippen molar-refractivity contribution in [2.45, 2.75) is 19.2 Å². The molecule has 2 N–H and O–H groups in total. The molecule has 0 saturated carbocycles. The highest BCUT2D eigenvalue weighted by molar-refractivity contribution is 7.97. The average Bonchev–Trinajstić information content (AvgIpc) is 2.04. The van der Waals surface area contributed by atoms with Crippen LogP contribution in [0.3, 0.4) is 0 Å². The first-order valence-corrected chi connectivity index (χ1v) is 5.18. The molecule has 12 heavy (non-hydrogen) atoms. The summed E-state index contributed by atoms with van der Waals surface area (Å²) in [5.41, 5.74) is 7.40. The molecule has 0 atom stereocenters. The lowest BCUT2D eigenvalue weighted by molar-refractivity contribution is 0.900. The van der Waals surface area contributed by atoms with Crippen molar-refractivity contribution in [2.75, 3.05) is 6.26 Å². The molecule has 0 aliphatic carbocycles. The van der Waals surface area contributed by atoms with Crippen LogP contribution in [-0.4, -0.2) is 16.2 Å². The quantitative estimate of drug-likeness (QED) is 0.762. The molecular weight excluding hydrogens is 170 g/mol. The fraction of sp³-hybridized carbons (Fsp3) is 0.500. The van der Waals surface area contributed by atoms with Gasteiger partial charge in [0.05, 0.1) is 11.4 Å². The number of aryl methyl sites for hydroxylation is 1. The summed E-state index contributed by atoms with van der Waals surface area (Å²) in [6.07, 6.45) is 2.04. The Morgan fingerprint density at radius 1 is 1.50 bits per heavy atom. The largest absolute Gasteiger partial charge is 0.325 e. The zero-order chi connectivity index (χ0) is 8.97. The van der Waals surface area contributed by atoms with Crippen molar-refractivity contribution >= 4 is 11.8 Å². The van der Waals surface area contributed by atoms with E-state index in [9.17, 15) is 0 Å². The number of rotatable bonds is 3. The number of aromatic nitrogens is 2. The minimum atomic E-state index is 0.491. The summed E-state index contributed by atoms with van der Waals surface area (Å²) in [5.74, 6) is 1.73. The summed E-state index contributed by atoms with van der Waals surface area (Å²) >= 11 is 1.72. The maximum Gasteiger partial charge on any atom is 0.138 e. The predicted molar refractivity (Wildman–Crippen MR) is 51.9 cm³/mol. The summed E-state index contributed by atoms with van der Waals surface area (Å²) in [5, 5.41) is 0. The number of thioether (sulfide) groups is 1. The van der Waals surface area contributed by atoms with Crippen molar-refractivity contribution in [1.82, 2.24) is 9.97 Å². The fourth-order valence-electron chi connectivity index (χ4n) is 0.998. The summed E-state index contributed by atoms with van der Waals surface area (Å²) in [4.78, 5) is 8.57. The maximum atomic E-state index is 5.49. The molecule has 0 amide bonds. The van der Waals surface area contributed by atoms with Crippen LogP contribution in [0.5, 0.6) is 0 Å². The van der Waals surface area contributed by atoms with E-state index in [1.54, 1.807) is 11.8 Å². The minimum Gasteiger partial charge on any atom is -0.325 e. The highest BCUT2D eigenvalue weighted by atomic mass is 32.2. The molecule has 1 rings (SSSR count). The van der Waals surface area contributed by atoms with Crippen LogP contribution in [0.1, 0.15) is 17.2 Å². The van der Waals surface area contributed by atoms with Gasteiger partial charge in [-0.25, -0.2) is 9.97 Å². The van der Waals surface area contributed by atoms with Crippen molar-refractivity contribution in [1.29, 1.82) is 0 Å². The summed E-state index contributed by atoms with van der Waals surface area (Å²) < 4.78 is 0. The van der Waals surface area contributed by atoms with Crippen molar-refractivity contribution in [3.8, 4) is 0 Å². The van der Waals surface area contributed by atoms with Gasteiger partial charge in [0, 0.05) is 12.2 Å². The zero-order valence-corrected chi connectivity index (χ0v) is 8.19. The lowest BCUT2D eigenvalue weighted by Gasteiger charge is -2.02. The molecule has 0 aliphatic rings. The smallest absolute Gasteiger partial charge is 0.138 e. The van der Waals surface area contributed by atoms with Crippen LogP contribution in [0, 0.1) is 6.92 Å². The van der Waals surface area contributed by atoms with Gasteiger partial charge in [0.25, 0.3) is 0 Å². The van der Waals surface area contributed by atoms with Gasteiger partial charge >= 0.3 is 0 Å². The second-order valence-electron chi connectivity index (χ2n) is 2.55. The second kappa shape index (κ2) is 4.42. The molecule has 0 aliphatic heterocycles. The third-order valence-electron chi connectivity index (χ3n) is 1.44. The van der Waals surface area contributed by atoms with Gasteiger partial charge < -0.3 is 5.73 Å². The number of nitrogens with zero attached hydrogens (tertiary/aromatic N) is 2. The van der Waals surface area contributed by atoms with Gasteiger partial charge in [-0.2, -0.15) is 11.8 Å². The van der Waals surface area contributed by atoms with Crippen molar-refractivity contribution in [2.24, 2.45) is 5.73 Å². The number of hydrogen-bond donors (Lipinski definition) is 1. The first-order chi connectivity index (χ1) is 5.76. The first kappa shape index (κ1) is 9.48. The third kappa shape index (κ3) is 2.46. The van der Waals surface area contributed by atoms with E-state index >= 15 is 0 Å². The van der Waals surface area contributed by atoms with Crippen LogP contribution in [0.4, 0.5) is 0 Å². The van der Waals surface area contributed by atoms with Crippen LogP contribution >= 0.6 is 11.8 Å². The topological polar surface area (TPSA) is 51.8 Å². The molecule has 1 aromatic rings. The Kier molecular flexibility index (Phi) is 3.49. The van der Waals surface area contributed by atoms with Gasteiger partial charge in [-0.3, -0.25) is 0 Å². The van der Waals surface area contributed by atoms with Crippen LogP contribution in [0.15, 0.2) is 6.07 Å². The Balaban J connectivity index is 2.90. The van der Waals surface area contributed by atoms with E-state index in [2.05, 4.69) is 9.97 Å². The van der Waals surface area contributed by atoms with Crippen LogP contribution in [-0.2, 0) is 12.3 Å². The Labute approximate surface area is 76.8 Å². The predicted octanol–water partition coefficient (Wildman–Crippen LogP) is 1.11. The Morgan fingerprint density at radius 3 is 2.83 bits per heavy atom. The van der Waals surface area contributed by atoms with Gasteiger partial charge in [0.1, 0.15) is 5.82 Å². The number of nitrogens with two attached hydrogens (primary N) is 1. The van der Waals surface area contributed by atoms with Gasteiger partial charge in [0.2, 0.25) is 0 Å². The molecule has 0 radical (unpaired) electrons. The van der Waals surface area contributed by atoms with Crippen LogP contribution < -0.4 is 5.73 Å². The Morgan fingerprint density at radius 2 is 2.25 bits per heavy atom. The molecule has 4 heteroatoms.